The van der Waals surface area contributed by atoms with Gasteiger partial charge in [-0.05, 0) is 73.3 Å². The van der Waals surface area contributed by atoms with Crippen LogP contribution in [0.2, 0.25) is 0 Å². The molecule has 188 valence electrons. The molecule has 2 heteroatoms. The highest BCUT2D eigenvalue weighted by molar-refractivity contribution is 8.00. The van der Waals surface area contributed by atoms with E-state index >= 15 is 0 Å². The summed E-state index contributed by atoms with van der Waals surface area (Å²) >= 11 is 2.07. The van der Waals surface area contributed by atoms with E-state index < -0.39 is 0 Å². The van der Waals surface area contributed by atoms with Gasteiger partial charge in [-0.3, -0.25) is 0 Å². The van der Waals surface area contributed by atoms with E-state index in [4.69, 9.17) is 0 Å². The largest absolute Gasteiger partial charge is 0.333 e. The van der Waals surface area contributed by atoms with Crippen molar-refractivity contribution < 1.29 is 0 Å². The summed E-state index contributed by atoms with van der Waals surface area (Å²) < 4.78 is 2.68. The molecule has 4 unspecified atom stereocenters. The third kappa shape index (κ3) is 3.61. The summed E-state index contributed by atoms with van der Waals surface area (Å²) in [6, 6.07) is 14.3. The number of aromatic nitrogens is 1. The smallest absolute Gasteiger partial charge is 0.0569 e. The van der Waals surface area contributed by atoms with Gasteiger partial charge in [0.2, 0.25) is 0 Å². The van der Waals surface area contributed by atoms with Crippen LogP contribution in [0, 0.1) is 5.92 Å². The van der Waals surface area contributed by atoms with Crippen LogP contribution in [0.3, 0.4) is 0 Å². The normalized spacial score (nSPS) is 27.8. The Morgan fingerprint density at radius 3 is 2.68 bits per heavy atom. The summed E-state index contributed by atoms with van der Waals surface area (Å²) in [7, 11) is 0. The predicted molar refractivity (Wildman–Crippen MR) is 163 cm³/mol. The first-order valence-electron chi connectivity index (χ1n) is 14.4. The van der Waals surface area contributed by atoms with Crippen LogP contribution in [0.25, 0.3) is 21.8 Å². The molecule has 0 amide bonds. The van der Waals surface area contributed by atoms with Gasteiger partial charge in [-0.2, -0.15) is 0 Å². The van der Waals surface area contributed by atoms with Gasteiger partial charge in [-0.1, -0.05) is 96.7 Å². The molecule has 1 nitrogen and oxygen atoms in total. The number of nitrogens with zero attached hydrogens (tertiary/aromatic N) is 1. The SMILES string of the molecule is C1=CC2Sc3c(ccc4c3c3ccccc3n4C3C=C(C4=CCCC=C4)C=C(C4CC=CCC4)C3)C2C=C1. The molecule has 5 aliphatic rings. The number of fused-ring (bicyclic) bond motifs is 7. The molecule has 2 aromatic carbocycles. The molecule has 2 heterocycles. The van der Waals surface area contributed by atoms with E-state index in [9.17, 15) is 0 Å². The number of benzene rings is 2. The molecule has 0 bridgehead atoms. The van der Waals surface area contributed by atoms with Gasteiger partial charge in [0.05, 0.1) is 11.6 Å². The maximum Gasteiger partial charge on any atom is 0.0569 e. The zero-order valence-electron chi connectivity index (χ0n) is 21.7. The van der Waals surface area contributed by atoms with Gasteiger partial charge in [0.1, 0.15) is 0 Å². The van der Waals surface area contributed by atoms with Crippen molar-refractivity contribution >= 4 is 33.6 Å². The Morgan fingerprint density at radius 2 is 1.79 bits per heavy atom. The summed E-state index contributed by atoms with van der Waals surface area (Å²) in [6.07, 6.45) is 33.3. The van der Waals surface area contributed by atoms with Gasteiger partial charge in [-0.25, -0.2) is 0 Å². The third-order valence-corrected chi connectivity index (χ3v) is 10.6. The Kier molecular flexibility index (Phi) is 5.50. The maximum absolute atomic E-state index is 2.68. The van der Waals surface area contributed by atoms with Crippen molar-refractivity contribution in [2.24, 2.45) is 5.92 Å². The van der Waals surface area contributed by atoms with Crippen LogP contribution in [-0.2, 0) is 0 Å². The van der Waals surface area contributed by atoms with Gasteiger partial charge in [0.15, 0.2) is 0 Å². The van der Waals surface area contributed by atoms with E-state index in [-0.39, 0.29) is 0 Å². The fraction of sp³-hybridized carbons (Fsp3) is 0.278. The average molecular weight is 512 g/mol. The van der Waals surface area contributed by atoms with Crippen molar-refractivity contribution in [1.82, 2.24) is 4.57 Å². The number of rotatable bonds is 3. The van der Waals surface area contributed by atoms with Crippen molar-refractivity contribution in [3.8, 4) is 0 Å². The fourth-order valence-electron chi connectivity index (χ4n) is 7.34. The maximum atomic E-state index is 2.68. The van der Waals surface area contributed by atoms with Gasteiger partial charge < -0.3 is 4.57 Å². The number of hydrogen-bond acceptors (Lipinski definition) is 1. The molecule has 0 fully saturated rings. The number of thioether (sulfide) groups is 1. The lowest BCUT2D eigenvalue weighted by Gasteiger charge is -2.30. The number of hydrogen-bond donors (Lipinski definition) is 0. The van der Waals surface area contributed by atoms with Crippen LogP contribution in [-0.4, -0.2) is 9.82 Å². The minimum absolute atomic E-state index is 0.320. The molecule has 3 aromatic rings. The monoisotopic (exact) mass is 511 g/mol. The lowest BCUT2D eigenvalue weighted by Crippen LogP contribution is -2.17. The second kappa shape index (κ2) is 9.20. The topological polar surface area (TPSA) is 4.93 Å². The number of allylic oxidation sites excluding steroid dienone is 13. The minimum atomic E-state index is 0.320. The van der Waals surface area contributed by atoms with Crippen LogP contribution in [0.4, 0.5) is 0 Å². The quantitative estimate of drug-likeness (QED) is 0.317. The highest BCUT2D eigenvalue weighted by Gasteiger charge is 2.34. The lowest BCUT2D eigenvalue weighted by molar-refractivity contribution is 0.498. The summed E-state index contributed by atoms with van der Waals surface area (Å²) in [4.78, 5) is 1.50. The van der Waals surface area contributed by atoms with Gasteiger partial charge in [0.25, 0.3) is 0 Å². The molecular formula is C36H33NS. The molecule has 0 radical (unpaired) electrons. The summed E-state index contributed by atoms with van der Waals surface area (Å²) in [5.74, 6) is 1.15. The molecule has 4 aliphatic carbocycles. The highest BCUT2D eigenvalue weighted by atomic mass is 32.2. The van der Waals surface area contributed by atoms with Crippen LogP contribution in [0.5, 0.6) is 0 Å². The molecule has 1 aliphatic heterocycles. The van der Waals surface area contributed by atoms with Crippen LogP contribution in [0.15, 0.2) is 125 Å². The summed E-state index contributed by atoms with van der Waals surface area (Å²) in [5.41, 5.74) is 8.73. The van der Waals surface area contributed by atoms with Crippen molar-refractivity contribution in [3.63, 3.8) is 0 Å². The average Bonchev–Trinajstić information content (AvgIpc) is 3.53. The zero-order valence-corrected chi connectivity index (χ0v) is 22.5. The van der Waals surface area contributed by atoms with E-state index in [2.05, 4.69) is 120 Å². The highest BCUT2D eigenvalue weighted by Crippen LogP contribution is 2.53. The Hall–Kier alpha value is -3.23. The predicted octanol–water partition coefficient (Wildman–Crippen LogP) is 9.91. The van der Waals surface area contributed by atoms with E-state index in [0.29, 0.717) is 23.1 Å². The molecule has 4 atom stereocenters. The van der Waals surface area contributed by atoms with Crippen LogP contribution >= 0.6 is 11.8 Å². The fourth-order valence-corrected chi connectivity index (χ4v) is 8.84. The van der Waals surface area contributed by atoms with Crippen LogP contribution < -0.4 is 0 Å². The van der Waals surface area contributed by atoms with Crippen molar-refractivity contribution in [2.45, 2.75) is 60.6 Å². The van der Waals surface area contributed by atoms with E-state index in [1.165, 1.54) is 62.7 Å². The Labute approximate surface area is 229 Å². The summed E-state index contributed by atoms with van der Waals surface area (Å²) in [6.45, 7) is 0. The lowest BCUT2D eigenvalue weighted by atomic mass is 9.79. The first kappa shape index (κ1) is 22.7. The second-order valence-corrected chi connectivity index (χ2v) is 12.6. The van der Waals surface area contributed by atoms with E-state index in [1.807, 2.05) is 0 Å². The first-order valence-corrected chi connectivity index (χ1v) is 15.2. The van der Waals surface area contributed by atoms with E-state index in [0.717, 1.165) is 19.3 Å². The molecule has 0 N–H and O–H groups in total. The molecule has 38 heavy (non-hydrogen) atoms. The molecule has 0 spiro atoms. The van der Waals surface area contributed by atoms with Gasteiger partial charge in [0, 0.05) is 32.4 Å². The first-order chi connectivity index (χ1) is 18.8. The molecule has 0 saturated carbocycles. The second-order valence-electron chi connectivity index (χ2n) is 11.4. The van der Waals surface area contributed by atoms with Gasteiger partial charge in [-0.15, -0.1) is 11.8 Å². The summed E-state index contributed by atoms with van der Waals surface area (Å²) in [5, 5.41) is 3.38. The third-order valence-electron chi connectivity index (χ3n) is 9.17. The molecule has 8 rings (SSSR count). The van der Waals surface area contributed by atoms with Crippen molar-refractivity contribution in [2.75, 3.05) is 0 Å². The minimum Gasteiger partial charge on any atom is -0.333 e. The Morgan fingerprint density at radius 1 is 0.842 bits per heavy atom. The van der Waals surface area contributed by atoms with Crippen LogP contribution in [0.1, 0.15) is 56.0 Å². The standard InChI is InChI=1S/C36H33NS/c1-3-11-24(12-4-1)26-21-27(25-13-5-2-6-14-25)23-28(22-26)37-32-17-9-7-16-31(32)35-33(37)20-19-30-29-15-8-10-18-34(29)38-36(30)35/h1,3,5,7-10,13-21,23-24,28-29,34H,2,4,6,11-12,22H2. The zero-order chi connectivity index (χ0) is 25.1. The molecule has 1 aromatic heterocycles. The molecular weight excluding hydrogens is 478 g/mol. The van der Waals surface area contributed by atoms with Gasteiger partial charge >= 0.3 is 0 Å². The Bertz CT molecular complexity index is 1670. The number of para-hydroxylation sites is 1. The van der Waals surface area contributed by atoms with Crippen molar-refractivity contribution in [3.05, 3.63) is 126 Å². The Balaban J connectivity index is 1.32. The molecule has 0 saturated heterocycles. The van der Waals surface area contributed by atoms with Crippen molar-refractivity contribution in [1.29, 1.82) is 0 Å². The van der Waals surface area contributed by atoms with E-state index in [1.54, 1.807) is 5.57 Å².